The van der Waals surface area contributed by atoms with Crippen molar-refractivity contribution in [3.63, 3.8) is 0 Å². The van der Waals surface area contributed by atoms with E-state index in [1.54, 1.807) is 0 Å². The van der Waals surface area contributed by atoms with Crippen LogP contribution in [0.3, 0.4) is 0 Å². The molecular formula is C17H33N3O. The highest BCUT2D eigenvalue weighted by Gasteiger charge is 2.20. The van der Waals surface area contributed by atoms with Gasteiger partial charge in [-0.2, -0.15) is 0 Å². The topological polar surface area (TPSA) is 44.4 Å². The average molecular weight is 295 g/mol. The maximum Gasteiger partial charge on any atom is 0.222 e. The minimum Gasteiger partial charge on any atom is -0.356 e. The second-order valence-electron chi connectivity index (χ2n) is 6.88. The van der Waals surface area contributed by atoms with Gasteiger partial charge in [0.15, 0.2) is 0 Å². The van der Waals surface area contributed by atoms with Gasteiger partial charge in [-0.3, -0.25) is 4.79 Å². The van der Waals surface area contributed by atoms with Crippen LogP contribution in [-0.4, -0.2) is 50.1 Å². The Morgan fingerprint density at radius 2 is 1.95 bits per heavy atom. The number of amides is 1. The minimum atomic E-state index is 0.187. The fourth-order valence-electron chi connectivity index (χ4n) is 3.65. The van der Waals surface area contributed by atoms with Crippen molar-refractivity contribution in [1.82, 2.24) is 15.5 Å². The smallest absolute Gasteiger partial charge is 0.222 e. The Morgan fingerprint density at radius 3 is 2.67 bits per heavy atom. The molecule has 1 unspecified atom stereocenters. The molecule has 1 saturated carbocycles. The predicted molar refractivity (Wildman–Crippen MR) is 87.3 cm³/mol. The molecule has 1 atom stereocenters. The molecule has 4 nitrogen and oxygen atoms in total. The van der Waals surface area contributed by atoms with Crippen molar-refractivity contribution in [2.45, 2.75) is 51.9 Å². The van der Waals surface area contributed by atoms with Crippen LogP contribution in [0.2, 0.25) is 0 Å². The molecule has 1 saturated heterocycles. The Balaban J connectivity index is 1.53. The molecule has 0 aromatic rings. The van der Waals surface area contributed by atoms with Crippen molar-refractivity contribution in [3.05, 3.63) is 0 Å². The molecule has 0 aromatic carbocycles. The van der Waals surface area contributed by atoms with E-state index in [1.807, 2.05) is 0 Å². The van der Waals surface area contributed by atoms with Gasteiger partial charge in [-0.25, -0.2) is 0 Å². The summed E-state index contributed by atoms with van der Waals surface area (Å²) in [7, 11) is 0. The zero-order valence-corrected chi connectivity index (χ0v) is 13.7. The number of hydrogen-bond acceptors (Lipinski definition) is 3. The largest absolute Gasteiger partial charge is 0.356 e. The third-order valence-corrected chi connectivity index (χ3v) is 5.02. The molecule has 1 aliphatic carbocycles. The van der Waals surface area contributed by atoms with Crippen LogP contribution < -0.4 is 10.6 Å². The number of rotatable bonds is 7. The summed E-state index contributed by atoms with van der Waals surface area (Å²) in [5.41, 5.74) is 0. The zero-order valence-electron chi connectivity index (χ0n) is 13.7. The molecule has 2 fully saturated rings. The summed E-state index contributed by atoms with van der Waals surface area (Å²) >= 11 is 0. The normalized spacial score (nSPS) is 22.9. The first-order chi connectivity index (χ1) is 10.3. The predicted octanol–water partition coefficient (Wildman–Crippen LogP) is 2.00. The SMILES string of the molecule is CC(CC1CCCCC1)C(=O)NCCCN1CCNCC1. The lowest BCUT2D eigenvalue weighted by Gasteiger charge is -2.27. The van der Waals surface area contributed by atoms with Crippen LogP contribution in [0.4, 0.5) is 0 Å². The fraction of sp³-hybridized carbons (Fsp3) is 0.941. The molecule has 1 amide bonds. The van der Waals surface area contributed by atoms with Gasteiger partial charge >= 0.3 is 0 Å². The van der Waals surface area contributed by atoms with Crippen LogP contribution in [0, 0.1) is 11.8 Å². The first kappa shape index (κ1) is 16.8. The lowest BCUT2D eigenvalue weighted by Crippen LogP contribution is -2.44. The molecule has 2 N–H and O–H groups in total. The lowest BCUT2D eigenvalue weighted by atomic mass is 9.83. The van der Waals surface area contributed by atoms with Crippen LogP contribution in [0.1, 0.15) is 51.9 Å². The fourth-order valence-corrected chi connectivity index (χ4v) is 3.65. The third kappa shape index (κ3) is 6.35. The molecule has 1 aliphatic heterocycles. The van der Waals surface area contributed by atoms with Crippen LogP contribution in [-0.2, 0) is 4.79 Å². The van der Waals surface area contributed by atoms with Crippen LogP contribution in [0.5, 0.6) is 0 Å². The number of carbonyl (C=O) groups excluding carboxylic acids is 1. The highest BCUT2D eigenvalue weighted by atomic mass is 16.1. The summed E-state index contributed by atoms with van der Waals surface area (Å²) in [6.07, 6.45) is 8.95. The van der Waals surface area contributed by atoms with Gasteiger partial charge in [0.05, 0.1) is 0 Å². The van der Waals surface area contributed by atoms with E-state index in [2.05, 4.69) is 22.5 Å². The molecule has 0 spiro atoms. The maximum absolute atomic E-state index is 12.1. The van der Waals surface area contributed by atoms with Gasteiger partial charge in [-0.15, -0.1) is 0 Å². The highest BCUT2D eigenvalue weighted by Crippen LogP contribution is 2.28. The maximum atomic E-state index is 12.1. The number of nitrogens with one attached hydrogen (secondary N) is 2. The molecule has 0 aromatic heterocycles. The van der Waals surface area contributed by atoms with Crippen LogP contribution in [0.25, 0.3) is 0 Å². The molecule has 1 heterocycles. The van der Waals surface area contributed by atoms with Crippen LogP contribution in [0.15, 0.2) is 0 Å². The van der Waals surface area contributed by atoms with Crippen molar-refractivity contribution in [2.75, 3.05) is 39.3 Å². The van der Waals surface area contributed by atoms with Crippen molar-refractivity contribution in [3.8, 4) is 0 Å². The van der Waals surface area contributed by atoms with Crippen molar-refractivity contribution < 1.29 is 4.79 Å². The van der Waals surface area contributed by atoms with Crippen molar-refractivity contribution in [1.29, 1.82) is 0 Å². The number of piperazine rings is 1. The van der Waals surface area contributed by atoms with Crippen molar-refractivity contribution >= 4 is 5.91 Å². The molecule has 0 bridgehead atoms. The standard InChI is InChI=1S/C17H33N3O/c1-15(14-16-6-3-2-4-7-16)17(21)19-8-5-11-20-12-9-18-10-13-20/h15-16,18H,2-14H2,1H3,(H,19,21). The second-order valence-corrected chi connectivity index (χ2v) is 6.88. The van der Waals surface area contributed by atoms with Gasteiger partial charge in [0.2, 0.25) is 5.91 Å². The minimum absolute atomic E-state index is 0.187. The van der Waals surface area contributed by atoms with E-state index < -0.39 is 0 Å². The first-order valence-electron chi connectivity index (χ1n) is 8.96. The molecule has 2 rings (SSSR count). The van der Waals surface area contributed by atoms with Crippen LogP contribution >= 0.6 is 0 Å². The summed E-state index contributed by atoms with van der Waals surface area (Å²) in [4.78, 5) is 14.6. The Labute approximate surface area is 130 Å². The zero-order chi connectivity index (χ0) is 14.9. The Hall–Kier alpha value is -0.610. The summed E-state index contributed by atoms with van der Waals surface area (Å²) in [6, 6.07) is 0. The molecule has 2 aliphatic rings. The van der Waals surface area contributed by atoms with E-state index in [-0.39, 0.29) is 11.8 Å². The second kappa shape index (κ2) is 9.42. The van der Waals surface area contributed by atoms with E-state index in [0.717, 1.165) is 58.0 Å². The van der Waals surface area contributed by atoms with E-state index in [0.29, 0.717) is 0 Å². The molecule has 4 heteroatoms. The van der Waals surface area contributed by atoms with Gasteiger partial charge in [0.1, 0.15) is 0 Å². The highest BCUT2D eigenvalue weighted by molar-refractivity contribution is 5.78. The van der Waals surface area contributed by atoms with Gasteiger partial charge in [0.25, 0.3) is 0 Å². The molecule has 122 valence electrons. The van der Waals surface area contributed by atoms with E-state index in [9.17, 15) is 4.79 Å². The molecular weight excluding hydrogens is 262 g/mol. The number of carbonyl (C=O) groups is 1. The van der Waals surface area contributed by atoms with Crippen molar-refractivity contribution in [2.24, 2.45) is 11.8 Å². The lowest BCUT2D eigenvalue weighted by molar-refractivity contribution is -0.125. The van der Waals surface area contributed by atoms with Gasteiger partial charge in [-0.05, 0) is 25.3 Å². The van der Waals surface area contributed by atoms with Gasteiger partial charge in [-0.1, -0.05) is 39.0 Å². The Kier molecular flexibility index (Phi) is 7.51. The molecule has 21 heavy (non-hydrogen) atoms. The third-order valence-electron chi connectivity index (χ3n) is 5.02. The summed E-state index contributed by atoms with van der Waals surface area (Å²) in [6.45, 7) is 8.53. The van der Waals surface area contributed by atoms with Gasteiger partial charge < -0.3 is 15.5 Å². The number of hydrogen-bond donors (Lipinski definition) is 2. The number of nitrogens with zero attached hydrogens (tertiary/aromatic N) is 1. The molecule has 0 radical (unpaired) electrons. The Bertz CT molecular complexity index is 296. The van der Waals surface area contributed by atoms with E-state index >= 15 is 0 Å². The van der Waals surface area contributed by atoms with E-state index in [1.165, 1.54) is 32.1 Å². The first-order valence-corrected chi connectivity index (χ1v) is 8.96. The van der Waals surface area contributed by atoms with Gasteiger partial charge in [0, 0.05) is 38.6 Å². The average Bonchev–Trinajstić information content (AvgIpc) is 2.53. The Morgan fingerprint density at radius 1 is 1.24 bits per heavy atom. The van der Waals surface area contributed by atoms with E-state index in [4.69, 9.17) is 0 Å². The summed E-state index contributed by atoms with van der Waals surface area (Å²) in [5.74, 6) is 1.24. The quantitative estimate of drug-likeness (QED) is 0.706. The summed E-state index contributed by atoms with van der Waals surface area (Å²) < 4.78 is 0. The monoisotopic (exact) mass is 295 g/mol. The summed E-state index contributed by atoms with van der Waals surface area (Å²) in [5, 5.41) is 6.50.